The molecule has 0 heterocycles. The van der Waals surface area contributed by atoms with Gasteiger partial charge in [-0.25, -0.2) is 0 Å². The van der Waals surface area contributed by atoms with Crippen LogP contribution in [0.15, 0.2) is 11.6 Å². The average molecular weight is 165 g/mol. The lowest BCUT2D eigenvalue weighted by Gasteiger charge is -2.36. The molecule has 1 fully saturated rings. The first kappa shape index (κ1) is 8.31. The topological polar surface area (TPSA) is 26.0 Å². The van der Waals surface area contributed by atoms with Crippen LogP contribution in [0.4, 0.5) is 0 Å². The summed E-state index contributed by atoms with van der Waals surface area (Å²) >= 11 is 0. The molecule has 0 spiro atoms. The third-order valence-electron chi connectivity index (χ3n) is 3.58. The lowest BCUT2D eigenvalue weighted by molar-refractivity contribution is 0.315. The molecule has 0 amide bonds. The van der Waals surface area contributed by atoms with Crippen LogP contribution < -0.4 is 5.73 Å². The number of allylic oxidation sites excluding steroid dienone is 1. The molecule has 0 bridgehead atoms. The molecule has 0 aromatic heterocycles. The van der Waals surface area contributed by atoms with Crippen molar-refractivity contribution < 1.29 is 0 Å². The van der Waals surface area contributed by atoms with E-state index in [4.69, 9.17) is 5.73 Å². The van der Waals surface area contributed by atoms with Crippen LogP contribution in [0.5, 0.6) is 0 Å². The fourth-order valence-corrected chi connectivity index (χ4v) is 2.34. The molecule has 0 aromatic rings. The molecule has 68 valence electrons. The van der Waals surface area contributed by atoms with E-state index in [1.165, 1.54) is 32.1 Å². The van der Waals surface area contributed by atoms with Gasteiger partial charge in [-0.05, 0) is 37.5 Å². The molecule has 2 atom stereocenters. The lowest BCUT2D eigenvalue weighted by atomic mass is 9.71. The van der Waals surface area contributed by atoms with Gasteiger partial charge in [-0.15, -0.1) is 0 Å². The first-order valence-electron chi connectivity index (χ1n) is 5.24. The Morgan fingerprint density at radius 3 is 2.67 bits per heavy atom. The van der Waals surface area contributed by atoms with Crippen LogP contribution in [0.2, 0.25) is 0 Å². The second-order valence-electron chi connectivity index (χ2n) is 4.41. The Morgan fingerprint density at radius 1 is 1.33 bits per heavy atom. The largest absolute Gasteiger partial charge is 0.324 e. The summed E-state index contributed by atoms with van der Waals surface area (Å²) in [6.07, 6.45) is 9.17. The predicted octanol–water partition coefficient (Wildman–Crippen LogP) is 2.47. The summed E-state index contributed by atoms with van der Waals surface area (Å²) in [6.45, 7) is 2.29. The summed E-state index contributed by atoms with van der Waals surface area (Å²) in [5.74, 6) is 1.58. The number of rotatable bonds is 1. The van der Waals surface area contributed by atoms with Crippen LogP contribution in [0.25, 0.3) is 0 Å². The van der Waals surface area contributed by atoms with Gasteiger partial charge in [0.15, 0.2) is 0 Å². The standard InChI is InChI=1S/C11H19N/c1-8-4-2-7-10(11(8)12)9-5-3-6-9/h7-9,11H,2-6,12H2,1H3. The predicted molar refractivity (Wildman–Crippen MR) is 51.8 cm³/mol. The van der Waals surface area contributed by atoms with Crippen LogP contribution in [0.3, 0.4) is 0 Å². The van der Waals surface area contributed by atoms with Crippen molar-refractivity contribution in [2.45, 2.75) is 45.1 Å². The minimum Gasteiger partial charge on any atom is -0.324 e. The van der Waals surface area contributed by atoms with E-state index in [-0.39, 0.29) is 0 Å². The zero-order valence-electron chi connectivity index (χ0n) is 7.92. The highest BCUT2D eigenvalue weighted by molar-refractivity contribution is 5.19. The Bertz CT molecular complexity index is 191. The summed E-state index contributed by atoms with van der Waals surface area (Å²) in [5, 5.41) is 0. The summed E-state index contributed by atoms with van der Waals surface area (Å²) in [4.78, 5) is 0. The van der Waals surface area contributed by atoms with Crippen molar-refractivity contribution in [1.29, 1.82) is 0 Å². The minimum atomic E-state index is 0.379. The maximum absolute atomic E-state index is 6.16. The molecule has 1 saturated carbocycles. The van der Waals surface area contributed by atoms with Gasteiger partial charge in [0, 0.05) is 6.04 Å². The van der Waals surface area contributed by atoms with Crippen LogP contribution >= 0.6 is 0 Å². The monoisotopic (exact) mass is 165 g/mol. The van der Waals surface area contributed by atoms with Crippen LogP contribution in [-0.4, -0.2) is 6.04 Å². The first-order chi connectivity index (χ1) is 5.79. The molecule has 0 aromatic carbocycles. The van der Waals surface area contributed by atoms with Crippen molar-refractivity contribution in [2.24, 2.45) is 17.6 Å². The molecule has 1 heteroatoms. The van der Waals surface area contributed by atoms with Crippen molar-refractivity contribution in [2.75, 3.05) is 0 Å². The fraction of sp³-hybridized carbons (Fsp3) is 0.818. The van der Waals surface area contributed by atoms with Gasteiger partial charge in [0.2, 0.25) is 0 Å². The molecule has 2 rings (SSSR count). The SMILES string of the molecule is CC1CCC=C(C2CCC2)C1N. The Balaban J connectivity index is 2.06. The van der Waals surface area contributed by atoms with E-state index in [0.717, 1.165) is 5.92 Å². The van der Waals surface area contributed by atoms with E-state index in [2.05, 4.69) is 13.0 Å². The van der Waals surface area contributed by atoms with E-state index in [1.54, 1.807) is 5.57 Å². The molecular formula is C11H19N. The number of hydrogen-bond acceptors (Lipinski definition) is 1. The van der Waals surface area contributed by atoms with E-state index in [0.29, 0.717) is 12.0 Å². The van der Waals surface area contributed by atoms with E-state index < -0.39 is 0 Å². The molecule has 2 N–H and O–H groups in total. The molecule has 0 radical (unpaired) electrons. The quantitative estimate of drug-likeness (QED) is 0.593. The van der Waals surface area contributed by atoms with Crippen LogP contribution in [0.1, 0.15) is 39.0 Å². The van der Waals surface area contributed by atoms with E-state index >= 15 is 0 Å². The van der Waals surface area contributed by atoms with Gasteiger partial charge in [-0.3, -0.25) is 0 Å². The maximum atomic E-state index is 6.16. The van der Waals surface area contributed by atoms with Gasteiger partial charge in [-0.1, -0.05) is 25.0 Å². The first-order valence-corrected chi connectivity index (χ1v) is 5.24. The normalized spacial score (nSPS) is 37.3. The van der Waals surface area contributed by atoms with Crippen LogP contribution in [0, 0.1) is 11.8 Å². The Kier molecular flexibility index (Phi) is 2.22. The third-order valence-corrected chi connectivity index (χ3v) is 3.58. The zero-order valence-corrected chi connectivity index (χ0v) is 7.92. The van der Waals surface area contributed by atoms with Crippen molar-refractivity contribution in [3.63, 3.8) is 0 Å². The summed E-state index contributed by atoms with van der Waals surface area (Å²) in [7, 11) is 0. The zero-order chi connectivity index (χ0) is 8.55. The molecule has 2 aliphatic carbocycles. The summed E-state index contributed by atoms with van der Waals surface area (Å²) < 4.78 is 0. The van der Waals surface area contributed by atoms with Crippen molar-refractivity contribution in [1.82, 2.24) is 0 Å². The highest BCUT2D eigenvalue weighted by atomic mass is 14.7. The molecule has 12 heavy (non-hydrogen) atoms. The summed E-state index contributed by atoms with van der Waals surface area (Å²) in [6, 6.07) is 0.379. The molecule has 0 saturated heterocycles. The van der Waals surface area contributed by atoms with Gasteiger partial charge < -0.3 is 5.73 Å². The van der Waals surface area contributed by atoms with Crippen molar-refractivity contribution in [3.05, 3.63) is 11.6 Å². The Labute approximate surface area is 75.0 Å². The second-order valence-corrected chi connectivity index (χ2v) is 4.41. The van der Waals surface area contributed by atoms with Gasteiger partial charge in [0.25, 0.3) is 0 Å². The molecule has 0 aliphatic heterocycles. The van der Waals surface area contributed by atoms with Crippen molar-refractivity contribution in [3.8, 4) is 0 Å². The highest BCUT2D eigenvalue weighted by Gasteiger charge is 2.29. The van der Waals surface area contributed by atoms with Crippen LogP contribution in [-0.2, 0) is 0 Å². The molecule has 1 nitrogen and oxygen atoms in total. The minimum absolute atomic E-state index is 0.379. The molecular weight excluding hydrogens is 146 g/mol. The third kappa shape index (κ3) is 1.31. The second kappa shape index (κ2) is 3.21. The van der Waals surface area contributed by atoms with Gasteiger partial charge >= 0.3 is 0 Å². The van der Waals surface area contributed by atoms with Gasteiger partial charge in [0.05, 0.1) is 0 Å². The number of hydrogen-bond donors (Lipinski definition) is 1. The molecule has 2 aliphatic rings. The van der Waals surface area contributed by atoms with E-state index in [9.17, 15) is 0 Å². The van der Waals surface area contributed by atoms with Gasteiger partial charge in [-0.2, -0.15) is 0 Å². The maximum Gasteiger partial charge on any atom is 0.0282 e. The smallest absolute Gasteiger partial charge is 0.0282 e. The van der Waals surface area contributed by atoms with E-state index in [1.807, 2.05) is 0 Å². The van der Waals surface area contributed by atoms with Gasteiger partial charge in [0.1, 0.15) is 0 Å². The average Bonchev–Trinajstić information content (AvgIpc) is 1.95. The number of nitrogens with two attached hydrogens (primary N) is 1. The summed E-state index contributed by atoms with van der Waals surface area (Å²) in [5.41, 5.74) is 7.75. The fourth-order valence-electron chi connectivity index (χ4n) is 2.34. The molecule has 2 unspecified atom stereocenters. The lowest BCUT2D eigenvalue weighted by Crippen LogP contribution is -2.37. The Hall–Kier alpha value is -0.300. The highest BCUT2D eigenvalue weighted by Crippen LogP contribution is 2.38. The Morgan fingerprint density at radius 2 is 2.08 bits per heavy atom. The van der Waals surface area contributed by atoms with Crippen molar-refractivity contribution >= 4 is 0 Å².